The number of nitriles is 1. The lowest BCUT2D eigenvalue weighted by Gasteiger charge is -2.17. The molecule has 3 rings (SSSR count). The molecule has 1 aliphatic rings. The number of nitrogens with one attached hydrogen (secondary N) is 1. The van der Waals surface area contributed by atoms with Crippen LogP contribution in [0.2, 0.25) is 0 Å². The molecule has 1 amide bonds. The molecule has 6 heteroatoms. The monoisotopic (exact) mass is 356 g/mol. The highest BCUT2D eigenvalue weighted by Crippen LogP contribution is 2.39. The van der Waals surface area contributed by atoms with Crippen LogP contribution in [-0.4, -0.2) is 20.1 Å². The zero-order valence-electron chi connectivity index (χ0n) is 14.5. The number of ether oxygens (including phenoxy) is 2. The van der Waals surface area contributed by atoms with Crippen LogP contribution < -0.4 is 14.8 Å². The number of hydrogen-bond donors (Lipinski definition) is 1. The second-order valence-corrected chi connectivity index (χ2v) is 7.29. The molecular weight excluding hydrogens is 336 g/mol. The molecule has 0 saturated carbocycles. The number of thiophene rings is 1. The average molecular weight is 356 g/mol. The largest absolute Gasteiger partial charge is 0.497 e. The van der Waals surface area contributed by atoms with E-state index < -0.39 is 0 Å². The number of anilines is 1. The summed E-state index contributed by atoms with van der Waals surface area (Å²) in [7, 11) is 3.07. The molecule has 1 aromatic heterocycles. The van der Waals surface area contributed by atoms with Crippen molar-refractivity contribution >= 4 is 22.2 Å². The zero-order valence-corrected chi connectivity index (χ0v) is 15.3. The maximum absolute atomic E-state index is 12.7. The van der Waals surface area contributed by atoms with Crippen molar-refractivity contribution in [3.63, 3.8) is 0 Å². The molecule has 0 radical (unpaired) electrons. The molecule has 0 spiro atoms. The van der Waals surface area contributed by atoms with E-state index in [-0.39, 0.29) is 5.91 Å². The number of carbonyl (C=O) groups is 1. The Hall–Kier alpha value is -2.52. The van der Waals surface area contributed by atoms with E-state index in [9.17, 15) is 10.1 Å². The topological polar surface area (TPSA) is 71.3 Å². The molecule has 0 bridgehead atoms. The second-order valence-electron chi connectivity index (χ2n) is 6.19. The lowest BCUT2D eigenvalue weighted by Crippen LogP contribution is -2.13. The quantitative estimate of drug-likeness (QED) is 0.898. The molecule has 1 unspecified atom stereocenters. The van der Waals surface area contributed by atoms with E-state index in [1.165, 1.54) is 23.3 Å². The fourth-order valence-electron chi connectivity index (χ4n) is 3.11. The Bertz CT molecular complexity index is 851. The smallest absolute Gasteiger partial charge is 0.260 e. The highest BCUT2D eigenvalue weighted by Gasteiger charge is 2.25. The fraction of sp³-hybridized carbons (Fsp3) is 0.368. The Kier molecular flexibility index (Phi) is 4.95. The number of amides is 1. The summed E-state index contributed by atoms with van der Waals surface area (Å²) in [6, 6.07) is 7.31. The molecule has 0 aliphatic heterocycles. The predicted molar refractivity (Wildman–Crippen MR) is 97.7 cm³/mol. The summed E-state index contributed by atoms with van der Waals surface area (Å²) in [6.45, 7) is 2.22. The van der Waals surface area contributed by atoms with Crippen LogP contribution in [0, 0.1) is 17.2 Å². The Morgan fingerprint density at radius 2 is 2.16 bits per heavy atom. The maximum Gasteiger partial charge on any atom is 0.260 e. The standard InChI is InChI=1S/C19H20N2O3S/c1-11-4-6-13-15(10-20)19(25-17(13)8-11)21-18(22)14-7-5-12(23-2)9-16(14)24-3/h5,7,9,11H,4,6,8H2,1-3H3,(H,21,22). The van der Waals surface area contributed by atoms with Gasteiger partial charge >= 0.3 is 0 Å². The van der Waals surface area contributed by atoms with Crippen LogP contribution in [-0.2, 0) is 12.8 Å². The number of benzene rings is 1. The van der Waals surface area contributed by atoms with Crippen LogP contribution >= 0.6 is 11.3 Å². The van der Waals surface area contributed by atoms with E-state index in [2.05, 4.69) is 18.3 Å². The minimum absolute atomic E-state index is 0.289. The Morgan fingerprint density at radius 3 is 2.84 bits per heavy atom. The van der Waals surface area contributed by atoms with Gasteiger partial charge in [-0.25, -0.2) is 0 Å². The molecule has 5 nitrogen and oxygen atoms in total. The first-order valence-corrected chi connectivity index (χ1v) is 8.97. The molecule has 0 saturated heterocycles. The van der Waals surface area contributed by atoms with Gasteiger partial charge in [-0.3, -0.25) is 4.79 Å². The van der Waals surface area contributed by atoms with Crippen molar-refractivity contribution in [3.05, 3.63) is 39.8 Å². The summed E-state index contributed by atoms with van der Waals surface area (Å²) in [5, 5.41) is 13.1. The molecule has 25 heavy (non-hydrogen) atoms. The van der Waals surface area contributed by atoms with Gasteiger partial charge in [0.05, 0.1) is 25.3 Å². The van der Waals surface area contributed by atoms with Gasteiger partial charge in [0, 0.05) is 10.9 Å². The van der Waals surface area contributed by atoms with E-state index in [0.29, 0.717) is 33.5 Å². The van der Waals surface area contributed by atoms with Crippen LogP contribution in [0.4, 0.5) is 5.00 Å². The number of carbonyl (C=O) groups excluding carboxylic acids is 1. The van der Waals surface area contributed by atoms with Crippen LogP contribution in [0.1, 0.15) is 39.7 Å². The maximum atomic E-state index is 12.7. The van der Waals surface area contributed by atoms with E-state index in [0.717, 1.165) is 24.8 Å². The zero-order chi connectivity index (χ0) is 18.0. The summed E-state index contributed by atoms with van der Waals surface area (Å²) in [6.07, 6.45) is 2.95. The van der Waals surface area contributed by atoms with Gasteiger partial charge in [0.15, 0.2) is 0 Å². The van der Waals surface area contributed by atoms with Crippen molar-refractivity contribution in [1.29, 1.82) is 5.26 Å². The number of methoxy groups -OCH3 is 2. The summed E-state index contributed by atoms with van der Waals surface area (Å²) < 4.78 is 10.5. The van der Waals surface area contributed by atoms with Crippen molar-refractivity contribution in [1.82, 2.24) is 0 Å². The molecule has 1 atom stereocenters. The molecule has 1 aliphatic carbocycles. The predicted octanol–water partition coefficient (Wildman–Crippen LogP) is 4.01. The molecule has 0 fully saturated rings. The van der Waals surface area contributed by atoms with Crippen LogP contribution in [0.25, 0.3) is 0 Å². The third kappa shape index (κ3) is 3.33. The Labute approximate surface area is 151 Å². The number of nitrogens with zero attached hydrogens (tertiary/aromatic N) is 1. The Balaban J connectivity index is 1.91. The van der Waals surface area contributed by atoms with Gasteiger partial charge in [-0.1, -0.05) is 6.92 Å². The molecule has 1 aromatic carbocycles. The Morgan fingerprint density at radius 1 is 1.36 bits per heavy atom. The molecule has 1 N–H and O–H groups in total. The van der Waals surface area contributed by atoms with Crippen molar-refractivity contribution in [2.45, 2.75) is 26.2 Å². The first-order valence-electron chi connectivity index (χ1n) is 8.15. The first kappa shape index (κ1) is 17.3. The van der Waals surface area contributed by atoms with E-state index in [1.54, 1.807) is 25.3 Å². The molecular formula is C19H20N2O3S. The van der Waals surface area contributed by atoms with Gasteiger partial charge in [-0.15, -0.1) is 11.3 Å². The van der Waals surface area contributed by atoms with Gasteiger partial charge < -0.3 is 14.8 Å². The van der Waals surface area contributed by atoms with Crippen molar-refractivity contribution < 1.29 is 14.3 Å². The SMILES string of the molecule is COc1ccc(C(=O)Nc2sc3c(c2C#N)CCC(C)C3)c(OC)c1. The highest BCUT2D eigenvalue weighted by atomic mass is 32.1. The molecule has 130 valence electrons. The van der Waals surface area contributed by atoms with Crippen LogP contribution in [0.15, 0.2) is 18.2 Å². The van der Waals surface area contributed by atoms with Gasteiger partial charge in [-0.05, 0) is 42.9 Å². The van der Waals surface area contributed by atoms with Crippen molar-refractivity contribution in [3.8, 4) is 17.6 Å². The first-order chi connectivity index (χ1) is 12.1. The second kappa shape index (κ2) is 7.16. The minimum atomic E-state index is -0.289. The normalized spacial score (nSPS) is 15.8. The fourth-order valence-corrected chi connectivity index (χ4v) is 4.47. The average Bonchev–Trinajstić information content (AvgIpc) is 2.96. The lowest BCUT2D eigenvalue weighted by molar-refractivity contribution is 0.102. The van der Waals surface area contributed by atoms with E-state index in [4.69, 9.17) is 9.47 Å². The summed E-state index contributed by atoms with van der Waals surface area (Å²) >= 11 is 1.51. The van der Waals surface area contributed by atoms with Crippen molar-refractivity contribution in [2.24, 2.45) is 5.92 Å². The van der Waals surface area contributed by atoms with Gasteiger partial charge in [0.2, 0.25) is 0 Å². The van der Waals surface area contributed by atoms with Crippen LogP contribution in [0.3, 0.4) is 0 Å². The number of hydrogen-bond acceptors (Lipinski definition) is 5. The summed E-state index contributed by atoms with van der Waals surface area (Å²) in [5.41, 5.74) is 2.11. The van der Waals surface area contributed by atoms with Crippen LogP contribution in [0.5, 0.6) is 11.5 Å². The minimum Gasteiger partial charge on any atom is -0.497 e. The highest BCUT2D eigenvalue weighted by molar-refractivity contribution is 7.16. The molecule has 1 heterocycles. The number of fused-ring (bicyclic) bond motifs is 1. The summed E-state index contributed by atoms with van der Waals surface area (Å²) in [4.78, 5) is 13.9. The van der Waals surface area contributed by atoms with Gasteiger partial charge in [0.1, 0.15) is 22.6 Å². The van der Waals surface area contributed by atoms with Gasteiger partial charge in [0.25, 0.3) is 5.91 Å². The third-order valence-corrected chi connectivity index (χ3v) is 5.67. The van der Waals surface area contributed by atoms with Crippen molar-refractivity contribution in [2.75, 3.05) is 19.5 Å². The van der Waals surface area contributed by atoms with Gasteiger partial charge in [-0.2, -0.15) is 5.26 Å². The van der Waals surface area contributed by atoms with E-state index in [1.807, 2.05) is 0 Å². The van der Waals surface area contributed by atoms with E-state index >= 15 is 0 Å². The number of rotatable bonds is 4. The molecule has 2 aromatic rings. The lowest BCUT2D eigenvalue weighted by atomic mass is 9.88. The summed E-state index contributed by atoms with van der Waals surface area (Å²) in [5.74, 6) is 1.38. The third-order valence-electron chi connectivity index (χ3n) is 4.50.